The minimum atomic E-state index is -1.39. The summed E-state index contributed by atoms with van der Waals surface area (Å²) in [6.45, 7) is 0.220. The number of para-hydroxylation sites is 1. The summed E-state index contributed by atoms with van der Waals surface area (Å²) in [6.07, 6.45) is 0.380. The Kier molecular flexibility index (Phi) is 4.40. The first-order chi connectivity index (χ1) is 14.9. The van der Waals surface area contributed by atoms with Gasteiger partial charge in [-0.1, -0.05) is 48.5 Å². The zero-order valence-corrected chi connectivity index (χ0v) is 16.7. The molecule has 4 atom stereocenters. The van der Waals surface area contributed by atoms with Crippen molar-refractivity contribution in [1.29, 1.82) is 0 Å². The standard InChI is InChI=1S/C23H22N4O4/c24-17(28)12-16-18-19(23(26-16)14-8-4-5-9-15(14)25-22(23)31)21(30)27(20(18)29)11-10-13-6-2-1-3-7-13/h1-9,16,18-19,26H,10-12H2,(H2,24,28)(H,25,31)/t16-,18+,19+,23-/m0/s1. The number of carbonyl (C=O) groups excluding carboxylic acids is 4. The van der Waals surface area contributed by atoms with Gasteiger partial charge in [-0.2, -0.15) is 0 Å². The van der Waals surface area contributed by atoms with Gasteiger partial charge < -0.3 is 11.1 Å². The molecule has 1 spiro atoms. The van der Waals surface area contributed by atoms with Crippen molar-refractivity contribution in [3.8, 4) is 0 Å². The second-order valence-corrected chi connectivity index (χ2v) is 8.30. The van der Waals surface area contributed by atoms with Crippen molar-refractivity contribution in [2.24, 2.45) is 17.6 Å². The predicted octanol–water partition coefficient (Wildman–Crippen LogP) is 0.525. The Morgan fingerprint density at radius 1 is 1.00 bits per heavy atom. The summed E-state index contributed by atoms with van der Waals surface area (Å²) in [4.78, 5) is 53.1. The Balaban J connectivity index is 1.53. The van der Waals surface area contributed by atoms with E-state index in [-0.39, 0.29) is 24.8 Å². The number of hydrogen-bond acceptors (Lipinski definition) is 5. The number of imide groups is 1. The number of nitrogens with two attached hydrogens (primary N) is 1. The number of hydrogen-bond donors (Lipinski definition) is 3. The van der Waals surface area contributed by atoms with Crippen LogP contribution in [0.1, 0.15) is 17.5 Å². The lowest BCUT2D eigenvalue weighted by Gasteiger charge is -2.29. The van der Waals surface area contributed by atoms with Gasteiger partial charge in [0.15, 0.2) is 0 Å². The molecule has 0 unspecified atom stereocenters. The van der Waals surface area contributed by atoms with Gasteiger partial charge >= 0.3 is 0 Å². The molecule has 0 aliphatic carbocycles. The fraction of sp³-hybridized carbons (Fsp3) is 0.304. The number of amides is 4. The maximum Gasteiger partial charge on any atom is 0.250 e. The smallest absolute Gasteiger partial charge is 0.250 e. The number of primary amides is 1. The van der Waals surface area contributed by atoms with E-state index in [1.807, 2.05) is 30.3 Å². The van der Waals surface area contributed by atoms with Crippen molar-refractivity contribution in [3.05, 3.63) is 65.7 Å². The molecule has 8 heteroatoms. The Labute approximate surface area is 178 Å². The summed E-state index contributed by atoms with van der Waals surface area (Å²) in [5, 5.41) is 6.00. The summed E-state index contributed by atoms with van der Waals surface area (Å²) < 4.78 is 0. The lowest BCUT2D eigenvalue weighted by Crippen LogP contribution is -2.53. The van der Waals surface area contributed by atoms with Crippen LogP contribution < -0.4 is 16.4 Å². The minimum absolute atomic E-state index is 0.135. The van der Waals surface area contributed by atoms with Crippen LogP contribution in [-0.2, 0) is 31.1 Å². The first kappa shape index (κ1) is 19.4. The van der Waals surface area contributed by atoms with Crippen molar-refractivity contribution in [1.82, 2.24) is 10.2 Å². The highest BCUT2D eigenvalue weighted by molar-refractivity contribution is 6.15. The second-order valence-electron chi connectivity index (χ2n) is 8.30. The maximum absolute atomic E-state index is 13.5. The van der Waals surface area contributed by atoms with E-state index in [2.05, 4.69) is 10.6 Å². The van der Waals surface area contributed by atoms with Gasteiger partial charge in [0.1, 0.15) is 5.54 Å². The molecule has 0 saturated carbocycles. The molecular weight excluding hydrogens is 396 g/mol. The molecule has 2 fully saturated rings. The highest BCUT2D eigenvalue weighted by Crippen LogP contribution is 2.53. The van der Waals surface area contributed by atoms with E-state index in [9.17, 15) is 19.2 Å². The van der Waals surface area contributed by atoms with E-state index in [0.717, 1.165) is 5.56 Å². The van der Waals surface area contributed by atoms with Crippen LogP contribution in [0.2, 0.25) is 0 Å². The first-order valence-electron chi connectivity index (χ1n) is 10.3. The van der Waals surface area contributed by atoms with E-state index in [4.69, 9.17) is 5.73 Å². The van der Waals surface area contributed by atoms with Gasteiger partial charge in [-0.25, -0.2) is 0 Å². The van der Waals surface area contributed by atoms with Gasteiger partial charge in [0.2, 0.25) is 23.6 Å². The summed E-state index contributed by atoms with van der Waals surface area (Å²) in [5.74, 6) is -3.49. The monoisotopic (exact) mass is 418 g/mol. The topological polar surface area (TPSA) is 122 Å². The number of carbonyl (C=O) groups is 4. The SMILES string of the molecule is NC(=O)C[C@@H]1N[C@]2(C(=O)Nc3ccccc32)[C@H]2C(=O)N(CCc3ccccc3)C(=O)[C@H]12. The Morgan fingerprint density at radius 2 is 1.71 bits per heavy atom. The molecule has 4 amide bonds. The third-order valence-corrected chi connectivity index (χ3v) is 6.60. The van der Waals surface area contributed by atoms with Crippen LogP contribution in [-0.4, -0.2) is 41.1 Å². The van der Waals surface area contributed by atoms with Crippen molar-refractivity contribution < 1.29 is 19.2 Å². The van der Waals surface area contributed by atoms with E-state index in [1.165, 1.54) is 4.90 Å². The molecule has 3 aliphatic heterocycles. The number of nitrogens with zero attached hydrogens (tertiary/aromatic N) is 1. The predicted molar refractivity (Wildman–Crippen MR) is 111 cm³/mol. The summed E-state index contributed by atoms with van der Waals surface area (Å²) in [5.41, 5.74) is 6.26. The van der Waals surface area contributed by atoms with Crippen molar-refractivity contribution >= 4 is 29.3 Å². The Morgan fingerprint density at radius 3 is 2.45 bits per heavy atom. The van der Waals surface area contributed by atoms with Gasteiger partial charge in [-0.15, -0.1) is 0 Å². The molecule has 4 N–H and O–H groups in total. The number of rotatable bonds is 5. The average molecular weight is 418 g/mol. The quantitative estimate of drug-likeness (QED) is 0.612. The first-order valence-corrected chi connectivity index (χ1v) is 10.3. The normalized spacial score (nSPS) is 28.7. The minimum Gasteiger partial charge on any atom is -0.370 e. The van der Waals surface area contributed by atoms with Crippen LogP contribution in [0.5, 0.6) is 0 Å². The molecule has 3 aliphatic rings. The van der Waals surface area contributed by atoms with Gasteiger partial charge in [0, 0.05) is 30.3 Å². The molecule has 2 saturated heterocycles. The van der Waals surface area contributed by atoms with Gasteiger partial charge in [0.25, 0.3) is 0 Å². The third kappa shape index (κ3) is 2.79. The van der Waals surface area contributed by atoms with Gasteiger partial charge in [-0.3, -0.25) is 29.4 Å². The highest BCUT2D eigenvalue weighted by atomic mass is 16.2. The van der Waals surface area contributed by atoms with Crippen LogP contribution >= 0.6 is 0 Å². The van der Waals surface area contributed by atoms with E-state index in [0.29, 0.717) is 17.7 Å². The van der Waals surface area contributed by atoms with Crippen molar-refractivity contribution in [3.63, 3.8) is 0 Å². The van der Waals surface area contributed by atoms with Crippen LogP contribution in [0, 0.1) is 11.8 Å². The lowest BCUT2D eigenvalue weighted by molar-refractivity contribution is -0.142. The van der Waals surface area contributed by atoms with Crippen molar-refractivity contribution in [2.75, 3.05) is 11.9 Å². The summed E-state index contributed by atoms with van der Waals surface area (Å²) in [6, 6.07) is 16.0. The van der Waals surface area contributed by atoms with Crippen LogP contribution in [0.3, 0.4) is 0 Å². The molecule has 158 valence electrons. The van der Waals surface area contributed by atoms with Gasteiger partial charge in [0.05, 0.1) is 11.8 Å². The molecule has 0 aromatic heterocycles. The molecule has 5 rings (SSSR count). The zero-order chi connectivity index (χ0) is 21.8. The van der Waals surface area contributed by atoms with Gasteiger partial charge in [-0.05, 0) is 18.1 Å². The highest BCUT2D eigenvalue weighted by Gasteiger charge is 2.70. The number of benzene rings is 2. The molecule has 31 heavy (non-hydrogen) atoms. The van der Waals surface area contributed by atoms with E-state index in [1.54, 1.807) is 24.3 Å². The number of likely N-dealkylation sites (tertiary alicyclic amines) is 1. The molecule has 3 heterocycles. The Hall–Kier alpha value is -3.52. The molecule has 0 radical (unpaired) electrons. The van der Waals surface area contributed by atoms with E-state index >= 15 is 0 Å². The lowest BCUT2D eigenvalue weighted by atomic mass is 9.76. The number of nitrogens with one attached hydrogen (secondary N) is 2. The average Bonchev–Trinajstić information content (AvgIpc) is 3.32. The molecule has 0 bridgehead atoms. The van der Waals surface area contributed by atoms with Crippen LogP contribution in [0.25, 0.3) is 0 Å². The fourth-order valence-electron chi connectivity index (χ4n) is 5.32. The van der Waals surface area contributed by atoms with E-state index < -0.39 is 35.2 Å². The molecule has 8 nitrogen and oxygen atoms in total. The number of fused-ring (bicyclic) bond motifs is 4. The van der Waals surface area contributed by atoms with Crippen LogP contribution in [0.4, 0.5) is 5.69 Å². The summed E-state index contributed by atoms with van der Waals surface area (Å²) >= 11 is 0. The molecule has 2 aromatic carbocycles. The largest absolute Gasteiger partial charge is 0.370 e. The summed E-state index contributed by atoms with van der Waals surface area (Å²) in [7, 11) is 0. The Bertz CT molecular complexity index is 1100. The number of anilines is 1. The second kappa shape index (κ2) is 7.02. The molecular formula is C23H22N4O4. The maximum atomic E-state index is 13.5. The third-order valence-electron chi connectivity index (χ3n) is 6.60. The zero-order valence-electron chi connectivity index (χ0n) is 16.7. The van der Waals surface area contributed by atoms with Crippen molar-refractivity contribution in [2.45, 2.75) is 24.4 Å². The van der Waals surface area contributed by atoms with Crippen LogP contribution in [0.15, 0.2) is 54.6 Å². The molecule has 2 aromatic rings. The fourth-order valence-corrected chi connectivity index (χ4v) is 5.32.